The van der Waals surface area contributed by atoms with Crippen LogP contribution in [0.1, 0.15) is 10.4 Å². The van der Waals surface area contributed by atoms with Crippen LogP contribution in [0.3, 0.4) is 0 Å². The number of aromatic nitrogens is 2. The van der Waals surface area contributed by atoms with Crippen LogP contribution in [0.5, 0.6) is 5.75 Å². The molecule has 0 aliphatic rings. The fourth-order valence-electron chi connectivity index (χ4n) is 3.12. The van der Waals surface area contributed by atoms with Gasteiger partial charge in [0.25, 0.3) is 11.7 Å². The molecular weight excluding hydrogens is 390 g/mol. The molecule has 2 aromatic heterocycles. The molecule has 4 rings (SSSR count). The molecule has 1 amide bonds. The Hall–Kier alpha value is -3.64. The van der Waals surface area contributed by atoms with E-state index in [9.17, 15) is 9.59 Å². The molecular formula is C22H16ClN3O3. The van der Waals surface area contributed by atoms with Crippen molar-refractivity contribution in [3.05, 3.63) is 83.8 Å². The Morgan fingerprint density at radius 3 is 2.59 bits per heavy atom. The quantitative estimate of drug-likeness (QED) is 0.391. The number of ether oxygens (including phenoxy) is 1. The first-order chi connectivity index (χ1) is 14.1. The predicted octanol–water partition coefficient (Wildman–Crippen LogP) is 4.51. The van der Waals surface area contributed by atoms with Crippen molar-refractivity contribution >= 4 is 39.9 Å². The van der Waals surface area contributed by atoms with Gasteiger partial charge in [-0.1, -0.05) is 29.8 Å². The second-order valence-electron chi connectivity index (χ2n) is 6.27. The Bertz CT molecular complexity index is 1220. The first kappa shape index (κ1) is 18.7. The number of anilines is 1. The minimum Gasteiger partial charge on any atom is -0.495 e. The van der Waals surface area contributed by atoms with E-state index >= 15 is 0 Å². The largest absolute Gasteiger partial charge is 0.495 e. The monoisotopic (exact) mass is 405 g/mol. The topological polar surface area (TPSA) is 73.2 Å². The van der Waals surface area contributed by atoms with E-state index in [0.717, 1.165) is 11.2 Å². The van der Waals surface area contributed by atoms with E-state index in [4.69, 9.17) is 16.3 Å². The molecule has 0 aliphatic heterocycles. The summed E-state index contributed by atoms with van der Waals surface area (Å²) in [5.41, 5.74) is 2.36. The number of fused-ring (bicyclic) bond motifs is 1. The van der Waals surface area contributed by atoms with Crippen molar-refractivity contribution in [2.75, 3.05) is 12.4 Å². The van der Waals surface area contributed by atoms with Crippen LogP contribution in [0.15, 0.2) is 73.2 Å². The van der Waals surface area contributed by atoms with Crippen LogP contribution in [-0.4, -0.2) is 28.4 Å². The molecule has 29 heavy (non-hydrogen) atoms. The predicted molar refractivity (Wildman–Crippen MR) is 112 cm³/mol. The summed E-state index contributed by atoms with van der Waals surface area (Å²) in [6, 6.07) is 16.0. The smallest absolute Gasteiger partial charge is 0.296 e. The number of carbonyl (C=O) groups excluding carboxylic acids is 2. The second-order valence-corrected chi connectivity index (χ2v) is 6.68. The summed E-state index contributed by atoms with van der Waals surface area (Å²) in [6.07, 6.45) is 4.74. The number of benzene rings is 2. The van der Waals surface area contributed by atoms with Gasteiger partial charge < -0.3 is 14.6 Å². The molecule has 0 aliphatic carbocycles. The fourth-order valence-corrected chi connectivity index (χ4v) is 3.31. The third-order valence-electron chi connectivity index (χ3n) is 4.51. The van der Waals surface area contributed by atoms with E-state index in [1.165, 1.54) is 7.11 Å². The summed E-state index contributed by atoms with van der Waals surface area (Å²) >= 11 is 6.13. The fraction of sp³-hybridized carbons (Fsp3) is 0.0455. The second kappa shape index (κ2) is 7.77. The lowest BCUT2D eigenvalue weighted by molar-refractivity contribution is -0.112. The Morgan fingerprint density at radius 2 is 1.83 bits per heavy atom. The van der Waals surface area contributed by atoms with Gasteiger partial charge >= 0.3 is 0 Å². The molecule has 0 saturated carbocycles. The number of rotatable bonds is 5. The van der Waals surface area contributed by atoms with Gasteiger partial charge in [0.05, 0.1) is 23.2 Å². The van der Waals surface area contributed by atoms with Gasteiger partial charge in [-0.25, -0.2) is 0 Å². The average Bonchev–Trinajstić information content (AvgIpc) is 3.14. The highest BCUT2D eigenvalue weighted by atomic mass is 35.5. The van der Waals surface area contributed by atoms with Gasteiger partial charge in [-0.3, -0.25) is 14.6 Å². The van der Waals surface area contributed by atoms with Crippen molar-refractivity contribution in [3.8, 4) is 11.4 Å². The van der Waals surface area contributed by atoms with Gasteiger partial charge in [-0.05, 0) is 30.3 Å². The van der Waals surface area contributed by atoms with Gasteiger partial charge in [0.1, 0.15) is 5.75 Å². The number of hydrogen-bond acceptors (Lipinski definition) is 4. The number of pyridine rings is 1. The van der Waals surface area contributed by atoms with E-state index in [1.54, 1.807) is 42.9 Å². The number of Topliss-reactive ketones (excluding diaryl/α,β-unsaturated/α-hetero) is 1. The molecule has 144 valence electrons. The molecule has 0 fully saturated rings. The molecule has 6 nitrogen and oxygen atoms in total. The van der Waals surface area contributed by atoms with Gasteiger partial charge in [-0.15, -0.1) is 0 Å². The average molecular weight is 406 g/mol. The zero-order chi connectivity index (χ0) is 20.4. The SMILES string of the molecule is COc1cc(-n2cc(C(=O)C(=O)Nc3ccncc3)c3ccccc32)ccc1Cl. The van der Waals surface area contributed by atoms with Crippen LogP contribution in [0.2, 0.25) is 5.02 Å². The summed E-state index contributed by atoms with van der Waals surface area (Å²) in [6.45, 7) is 0. The normalized spacial score (nSPS) is 10.7. The zero-order valence-corrected chi connectivity index (χ0v) is 16.2. The van der Waals surface area contributed by atoms with E-state index in [-0.39, 0.29) is 0 Å². The number of methoxy groups -OCH3 is 1. The molecule has 0 atom stereocenters. The van der Waals surface area contributed by atoms with Crippen molar-refractivity contribution in [1.29, 1.82) is 0 Å². The molecule has 0 radical (unpaired) electrons. The molecule has 7 heteroatoms. The standard InChI is InChI=1S/C22H16ClN3O3/c1-29-20-12-15(6-7-18(20)23)26-13-17(16-4-2-3-5-19(16)26)21(27)22(28)25-14-8-10-24-11-9-14/h2-13H,1H3,(H,24,25,28). The Labute approximate surface area is 171 Å². The molecule has 0 saturated heterocycles. The van der Waals surface area contributed by atoms with Crippen LogP contribution in [0.25, 0.3) is 16.6 Å². The van der Waals surface area contributed by atoms with Crippen LogP contribution in [-0.2, 0) is 4.79 Å². The molecule has 2 aromatic carbocycles. The highest BCUT2D eigenvalue weighted by Crippen LogP contribution is 2.30. The van der Waals surface area contributed by atoms with Crippen molar-refractivity contribution < 1.29 is 14.3 Å². The molecule has 0 unspecified atom stereocenters. The Morgan fingerprint density at radius 1 is 1.07 bits per heavy atom. The molecule has 0 spiro atoms. The van der Waals surface area contributed by atoms with Crippen molar-refractivity contribution in [2.24, 2.45) is 0 Å². The van der Waals surface area contributed by atoms with Crippen molar-refractivity contribution in [3.63, 3.8) is 0 Å². The maximum Gasteiger partial charge on any atom is 0.296 e. The number of nitrogens with zero attached hydrogens (tertiary/aromatic N) is 2. The minimum absolute atomic E-state index is 0.307. The minimum atomic E-state index is -0.715. The maximum atomic E-state index is 12.9. The number of carbonyl (C=O) groups is 2. The van der Waals surface area contributed by atoms with Crippen molar-refractivity contribution in [2.45, 2.75) is 0 Å². The van der Waals surface area contributed by atoms with Gasteiger partial charge in [0, 0.05) is 41.4 Å². The summed E-state index contributed by atoms with van der Waals surface area (Å²) in [5, 5.41) is 3.77. The number of hydrogen-bond donors (Lipinski definition) is 1. The summed E-state index contributed by atoms with van der Waals surface area (Å²) in [7, 11) is 1.54. The number of ketones is 1. The maximum absolute atomic E-state index is 12.9. The molecule has 2 heterocycles. The lowest BCUT2D eigenvalue weighted by atomic mass is 10.1. The highest BCUT2D eigenvalue weighted by Gasteiger charge is 2.22. The first-order valence-electron chi connectivity index (χ1n) is 8.78. The van der Waals surface area contributed by atoms with Crippen molar-refractivity contribution in [1.82, 2.24) is 9.55 Å². The van der Waals surface area contributed by atoms with Gasteiger partial charge in [0.15, 0.2) is 0 Å². The van der Waals surface area contributed by atoms with Crippen LogP contribution in [0.4, 0.5) is 5.69 Å². The number of amides is 1. The molecule has 1 N–H and O–H groups in total. The Kier molecular flexibility index (Phi) is 5.01. The zero-order valence-electron chi connectivity index (χ0n) is 15.4. The first-order valence-corrected chi connectivity index (χ1v) is 9.16. The van der Waals surface area contributed by atoms with E-state index in [1.807, 2.05) is 34.9 Å². The van der Waals surface area contributed by atoms with Crippen LogP contribution < -0.4 is 10.1 Å². The highest BCUT2D eigenvalue weighted by molar-refractivity contribution is 6.48. The number of nitrogens with one attached hydrogen (secondary N) is 1. The van der Waals surface area contributed by atoms with E-state index in [2.05, 4.69) is 10.3 Å². The number of para-hydroxylation sites is 1. The molecule has 4 aromatic rings. The lowest BCUT2D eigenvalue weighted by Crippen LogP contribution is -2.22. The Balaban J connectivity index is 1.76. The third kappa shape index (κ3) is 3.58. The van der Waals surface area contributed by atoms with Crippen LogP contribution >= 0.6 is 11.6 Å². The van der Waals surface area contributed by atoms with Gasteiger partial charge in [0.2, 0.25) is 0 Å². The third-order valence-corrected chi connectivity index (χ3v) is 4.83. The number of halogens is 1. The van der Waals surface area contributed by atoms with E-state index in [0.29, 0.717) is 27.4 Å². The summed E-state index contributed by atoms with van der Waals surface area (Å²) < 4.78 is 7.13. The van der Waals surface area contributed by atoms with Gasteiger partial charge in [-0.2, -0.15) is 0 Å². The summed E-state index contributed by atoms with van der Waals surface area (Å²) in [5.74, 6) is -0.823. The van der Waals surface area contributed by atoms with E-state index < -0.39 is 11.7 Å². The van der Waals surface area contributed by atoms with Crippen LogP contribution in [0, 0.1) is 0 Å². The summed E-state index contributed by atoms with van der Waals surface area (Å²) in [4.78, 5) is 29.3. The lowest BCUT2D eigenvalue weighted by Gasteiger charge is -2.09. The molecule has 0 bridgehead atoms.